The van der Waals surface area contributed by atoms with Gasteiger partial charge in [0.15, 0.2) is 0 Å². The normalized spacial score (nSPS) is 14.3. The molecular formula is C26H28N4O8S2. The maximum atomic E-state index is 13.5. The van der Waals surface area contributed by atoms with Crippen molar-refractivity contribution in [2.75, 3.05) is 36.4 Å². The molecule has 0 unspecified atom stereocenters. The minimum absolute atomic E-state index is 0.0868. The van der Waals surface area contributed by atoms with Crippen LogP contribution in [0.4, 0.5) is 17.1 Å². The number of carbonyl (C=O) groups excluding carboxylic acids is 1. The Morgan fingerprint density at radius 1 is 0.975 bits per heavy atom. The summed E-state index contributed by atoms with van der Waals surface area (Å²) in [5.41, 5.74) is -0.331. The van der Waals surface area contributed by atoms with Crippen molar-refractivity contribution < 1.29 is 31.3 Å². The smallest absolute Gasteiger partial charge is 0.271 e. The molecule has 3 aromatic carbocycles. The van der Waals surface area contributed by atoms with E-state index in [0.29, 0.717) is 13.1 Å². The minimum atomic E-state index is -4.31. The molecule has 0 radical (unpaired) electrons. The van der Waals surface area contributed by atoms with Gasteiger partial charge in [0.2, 0.25) is 15.9 Å². The summed E-state index contributed by atoms with van der Waals surface area (Å²) in [5.74, 6) is -0.689. The van der Waals surface area contributed by atoms with E-state index >= 15 is 0 Å². The zero-order valence-electron chi connectivity index (χ0n) is 21.6. The molecule has 14 heteroatoms. The number of nitro groups is 1. The fourth-order valence-corrected chi connectivity index (χ4v) is 7.46. The van der Waals surface area contributed by atoms with Gasteiger partial charge in [-0.25, -0.2) is 16.8 Å². The number of hydrogen-bond donors (Lipinski definition) is 1. The number of nitrogens with one attached hydrogen (secondary N) is 1. The van der Waals surface area contributed by atoms with Crippen molar-refractivity contribution in [3.8, 4) is 5.75 Å². The molecule has 0 atom stereocenters. The van der Waals surface area contributed by atoms with Crippen LogP contribution in [-0.2, 0) is 24.8 Å². The molecule has 3 aromatic rings. The average Bonchev–Trinajstić information content (AvgIpc) is 2.96. The van der Waals surface area contributed by atoms with Gasteiger partial charge >= 0.3 is 0 Å². The topological polar surface area (TPSA) is 156 Å². The van der Waals surface area contributed by atoms with Crippen molar-refractivity contribution in [3.63, 3.8) is 0 Å². The van der Waals surface area contributed by atoms with Gasteiger partial charge in [-0.2, -0.15) is 4.31 Å². The maximum Gasteiger partial charge on any atom is 0.271 e. The van der Waals surface area contributed by atoms with Crippen LogP contribution >= 0.6 is 0 Å². The molecule has 12 nitrogen and oxygen atoms in total. The lowest BCUT2D eigenvalue weighted by Crippen LogP contribution is -2.38. The molecule has 0 bridgehead atoms. The largest absolute Gasteiger partial charge is 0.495 e. The highest BCUT2D eigenvalue weighted by atomic mass is 32.2. The molecule has 0 spiro atoms. The highest BCUT2D eigenvalue weighted by Gasteiger charge is 2.31. The number of rotatable bonds is 10. The van der Waals surface area contributed by atoms with Gasteiger partial charge in [-0.1, -0.05) is 30.7 Å². The number of non-ortho nitro benzene ring substituents is 1. The fourth-order valence-electron chi connectivity index (χ4n) is 4.33. The van der Waals surface area contributed by atoms with Crippen LogP contribution < -0.4 is 14.4 Å². The molecule has 0 saturated carbocycles. The van der Waals surface area contributed by atoms with Gasteiger partial charge < -0.3 is 10.1 Å². The molecule has 1 saturated heterocycles. The number of piperidine rings is 1. The summed E-state index contributed by atoms with van der Waals surface area (Å²) in [6.07, 6.45) is 2.41. The summed E-state index contributed by atoms with van der Waals surface area (Å²) in [4.78, 5) is 23.6. The van der Waals surface area contributed by atoms with Crippen LogP contribution in [0.5, 0.6) is 5.75 Å². The van der Waals surface area contributed by atoms with Crippen molar-refractivity contribution in [1.29, 1.82) is 0 Å². The first-order valence-electron chi connectivity index (χ1n) is 12.3. The molecule has 0 aliphatic carbocycles. The Bertz CT molecular complexity index is 1610. The van der Waals surface area contributed by atoms with E-state index in [9.17, 15) is 31.7 Å². The van der Waals surface area contributed by atoms with Gasteiger partial charge in [0.05, 0.1) is 22.6 Å². The number of hydrogen-bond acceptors (Lipinski definition) is 8. The molecule has 1 heterocycles. The van der Waals surface area contributed by atoms with E-state index in [4.69, 9.17) is 4.74 Å². The van der Waals surface area contributed by atoms with Gasteiger partial charge in [-0.05, 0) is 49.2 Å². The van der Waals surface area contributed by atoms with Crippen molar-refractivity contribution in [2.45, 2.75) is 29.1 Å². The summed E-state index contributed by atoms with van der Waals surface area (Å²) in [5, 5.41) is 13.9. The van der Waals surface area contributed by atoms with E-state index in [2.05, 4.69) is 5.32 Å². The summed E-state index contributed by atoms with van der Waals surface area (Å²) in [7, 11) is -6.89. The lowest BCUT2D eigenvalue weighted by Gasteiger charge is -2.27. The Labute approximate surface area is 232 Å². The predicted molar refractivity (Wildman–Crippen MR) is 148 cm³/mol. The molecule has 1 fully saturated rings. The Kier molecular flexibility index (Phi) is 8.71. The number of sulfonamides is 2. The van der Waals surface area contributed by atoms with E-state index in [1.54, 1.807) is 6.07 Å². The Morgan fingerprint density at radius 2 is 1.68 bits per heavy atom. The van der Waals surface area contributed by atoms with Crippen molar-refractivity contribution in [3.05, 3.63) is 82.9 Å². The second-order valence-electron chi connectivity index (χ2n) is 8.98. The molecule has 4 rings (SSSR count). The lowest BCUT2D eigenvalue weighted by atomic mass is 10.2. The summed E-state index contributed by atoms with van der Waals surface area (Å²) in [6, 6.07) is 16.4. The van der Waals surface area contributed by atoms with Gasteiger partial charge in [0.1, 0.15) is 17.2 Å². The maximum absolute atomic E-state index is 13.5. The Hall–Kier alpha value is -4.01. The van der Waals surface area contributed by atoms with Crippen LogP contribution in [-0.4, -0.2) is 58.7 Å². The third-order valence-corrected chi connectivity index (χ3v) is 10.0. The highest BCUT2D eigenvalue weighted by molar-refractivity contribution is 7.92. The number of nitrogens with zero attached hydrogens (tertiary/aromatic N) is 3. The lowest BCUT2D eigenvalue weighted by molar-refractivity contribution is -0.384. The van der Waals surface area contributed by atoms with Gasteiger partial charge in [0, 0.05) is 30.9 Å². The van der Waals surface area contributed by atoms with Crippen LogP contribution in [0.15, 0.2) is 82.6 Å². The van der Waals surface area contributed by atoms with Crippen molar-refractivity contribution in [2.24, 2.45) is 0 Å². The third kappa shape index (κ3) is 6.24. The van der Waals surface area contributed by atoms with E-state index in [1.165, 1.54) is 72.1 Å². The first kappa shape index (κ1) is 29.0. The van der Waals surface area contributed by atoms with Gasteiger partial charge in [-0.15, -0.1) is 0 Å². The molecule has 0 aromatic heterocycles. The first-order chi connectivity index (χ1) is 19.0. The van der Waals surface area contributed by atoms with Crippen molar-refractivity contribution >= 4 is 43.0 Å². The second-order valence-corrected chi connectivity index (χ2v) is 12.7. The number of carbonyl (C=O) groups is 1. The molecule has 1 amide bonds. The number of anilines is 2. The number of benzene rings is 3. The summed E-state index contributed by atoms with van der Waals surface area (Å²) in [6.45, 7) is 0.00776. The van der Waals surface area contributed by atoms with E-state index in [-0.39, 0.29) is 32.6 Å². The fraction of sp³-hybridized carbons (Fsp3) is 0.269. The van der Waals surface area contributed by atoms with Crippen LogP contribution in [0.2, 0.25) is 0 Å². The molecule has 1 aliphatic rings. The molecular weight excluding hydrogens is 560 g/mol. The number of nitro benzene ring substituents is 1. The number of methoxy groups -OCH3 is 1. The monoisotopic (exact) mass is 588 g/mol. The Morgan fingerprint density at radius 3 is 2.33 bits per heavy atom. The van der Waals surface area contributed by atoms with Crippen molar-refractivity contribution in [1.82, 2.24) is 4.31 Å². The van der Waals surface area contributed by atoms with Crippen LogP contribution in [0.25, 0.3) is 0 Å². The molecule has 212 valence electrons. The predicted octanol–water partition coefficient (Wildman–Crippen LogP) is 3.61. The Balaban J connectivity index is 1.66. The molecule has 1 aliphatic heterocycles. The third-order valence-electron chi connectivity index (χ3n) is 6.33. The van der Waals surface area contributed by atoms with Crippen LogP contribution in [0, 0.1) is 10.1 Å². The zero-order chi connectivity index (χ0) is 28.9. The first-order valence-corrected chi connectivity index (χ1v) is 15.2. The molecule has 1 N–H and O–H groups in total. The number of ether oxygens (including phenoxy) is 1. The van der Waals surface area contributed by atoms with E-state index in [1.807, 2.05) is 0 Å². The van der Waals surface area contributed by atoms with Gasteiger partial charge in [-0.3, -0.25) is 19.2 Å². The van der Waals surface area contributed by atoms with E-state index < -0.39 is 37.4 Å². The second kappa shape index (κ2) is 12.0. The zero-order valence-corrected chi connectivity index (χ0v) is 23.2. The quantitative estimate of drug-likeness (QED) is 0.278. The summed E-state index contributed by atoms with van der Waals surface area (Å²) >= 11 is 0. The van der Waals surface area contributed by atoms with E-state index in [0.717, 1.165) is 29.6 Å². The standard InChI is InChI=1S/C26H28N4O8S2/c1-38-24-14-13-20(17-25(24)40(36,37)28-15-6-3-7-16-28)27-26(31)19-29(21-9-8-10-22(18-21)30(32)33)39(34,35)23-11-4-2-5-12-23/h2,4-5,8-14,17-18H,3,6-7,15-16,19H2,1H3,(H,27,31). The SMILES string of the molecule is COc1ccc(NC(=O)CN(c2cccc([N+](=O)[O-])c2)S(=O)(=O)c2ccccc2)cc1S(=O)(=O)N1CCCCC1. The highest BCUT2D eigenvalue weighted by Crippen LogP contribution is 2.32. The molecule has 40 heavy (non-hydrogen) atoms. The van der Waals surface area contributed by atoms with Gasteiger partial charge in [0.25, 0.3) is 15.7 Å². The summed E-state index contributed by atoms with van der Waals surface area (Å²) < 4.78 is 61.1. The average molecular weight is 589 g/mol. The number of amides is 1. The minimum Gasteiger partial charge on any atom is -0.495 e. The van der Waals surface area contributed by atoms with Crippen LogP contribution in [0.1, 0.15) is 19.3 Å². The van der Waals surface area contributed by atoms with Crippen LogP contribution in [0.3, 0.4) is 0 Å².